The smallest absolute Gasteiger partial charge is 0.259 e. The van der Waals surface area contributed by atoms with Crippen LogP contribution in [0.5, 0.6) is 0 Å². The van der Waals surface area contributed by atoms with E-state index < -0.39 is 0 Å². The minimum absolute atomic E-state index is 0.0515. The maximum atomic E-state index is 11.8. The lowest BCUT2D eigenvalue weighted by molar-refractivity contribution is -1.10. The van der Waals surface area contributed by atoms with Crippen LogP contribution in [0.25, 0.3) is 0 Å². The molecule has 3 heterocycles. The number of rotatable bonds is 3. The maximum absolute atomic E-state index is 11.8. The summed E-state index contributed by atoms with van der Waals surface area (Å²) in [5.74, 6) is 0.428. The molecule has 1 aromatic rings. The Balaban J connectivity index is 1.77. The maximum Gasteiger partial charge on any atom is 0.259 e. The first-order valence-corrected chi connectivity index (χ1v) is 7.39. The van der Waals surface area contributed by atoms with E-state index in [1.165, 1.54) is 6.42 Å². The molecule has 7 heteroatoms. The van der Waals surface area contributed by atoms with Crippen LogP contribution in [-0.4, -0.2) is 53.0 Å². The predicted molar refractivity (Wildman–Crippen MR) is 77.0 cm³/mol. The van der Waals surface area contributed by atoms with E-state index >= 15 is 0 Å². The zero-order valence-corrected chi connectivity index (χ0v) is 11.9. The molecule has 2 aliphatic rings. The van der Waals surface area contributed by atoms with E-state index in [2.05, 4.69) is 15.5 Å². The molecule has 0 radical (unpaired) electrons. The highest BCUT2D eigenvalue weighted by Crippen LogP contribution is 2.18. The molecule has 0 aromatic carbocycles. The Labute approximate surface area is 122 Å². The van der Waals surface area contributed by atoms with Gasteiger partial charge in [0, 0.05) is 6.20 Å². The Morgan fingerprint density at radius 1 is 1.38 bits per heavy atom. The normalized spacial score (nSPS) is 25.0. The van der Waals surface area contributed by atoms with E-state index in [1.807, 2.05) is 0 Å². The average molecular weight is 293 g/mol. The summed E-state index contributed by atoms with van der Waals surface area (Å²) >= 11 is 0. The summed E-state index contributed by atoms with van der Waals surface area (Å²) in [6.45, 7) is 2.45. The number of nitrogens with zero attached hydrogens (tertiary/aromatic N) is 2. The van der Waals surface area contributed by atoms with E-state index in [-0.39, 0.29) is 16.2 Å². The molecule has 21 heavy (non-hydrogen) atoms. The van der Waals surface area contributed by atoms with Crippen LogP contribution in [-0.2, 0) is 4.84 Å². The van der Waals surface area contributed by atoms with E-state index in [0.717, 1.165) is 25.9 Å². The third kappa shape index (κ3) is 3.31. The van der Waals surface area contributed by atoms with Crippen LogP contribution in [0.1, 0.15) is 24.8 Å². The molecule has 0 saturated carbocycles. The summed E-state index contributed by atoms with van der Waals surface area (Å²) < 4.78 is 0.0515. The van der Waals surface area contributed by atoms with Gasteiger partial charge >= 0.3 is 0 Å². The van der Waals surface area contributed by atoms with Crippen LogP contribution < -0.4 is 11.0 Å². The van der Waals surface area contributed by atoms with Gasteiger partial charge in [0.25, 0.3) is 5.56 Å². The number of piperidine rings is 1. The molecule has 0 spiro atoms. The van der Waals surface area contributed by atoms with Crippen LogP contribution in [0.2, 0.25) is 0 Å². The fourth-order valence-electron chi connectivity index (χ4n) is 2.95. The topological polar surface area (TPSA) is 86.7 Å². The predicted octanol–water partition coefficient (Wildman–Crippen LogP) is 0.415. The molecule has 7 nitrogen and oxygen atoms in total. The lowest BCUT2D eigenvalue weighted by Gasteiger charge is -2.36. The molecule has 2 aliphatic heterocycles. The molecule has 0 bridgehead atoms. The van der Waals surface area contributed by atoms with Crippen molar-refractivity contribution >= 4 is 5.84 Å². The van der Waals surface area contributed by atoms with E-state index in [0.29, 0.717) is 24.6 Å². The van der Waals surface area contributed by atoms with Gasteiger partial charge in [0.1, 0.15) is 32.3 Å². The monoisotopic (exact) mass is 293 g/mol. The molecule has 3 N–H and O–H groups in total. The van der Waals surface area contributed by atoms with Gasteiger partial charge in [-0.05, 0) is 31.4 Å². The molecule has 114 valence electrons. The van der Waals surface area contributed by atoms with Gasteiger partial charge in [-0.25, -0.2) is 10.7 Å². The highest BCUT2D eigenvalue weighted by Gasteiger charge is 2.33. The van der Waals surface area contributed by atoms with Gasteiger partial charge in [-0.2, -0.15) is 4.65 Å². The zero-order valence-electron chi connectivity index (χ0n) is 11.9. The summed E-state index contributed by atoms with van der Waals surface area (Å²) in [6, 6.07) is 3.29. The molecule has 0 aliphatic carbocycles. The minimum Gasteiger partial charge on any atom is -0.328 e. The summed E-state index contributed by atoms with van der Waals surface area (Å²) in [6.07, 6.45) is 4.83. The number of pyridine rings is 1. The number of hydrogen-bond donors (Lipinski definition) is 3. The van der Waals surface area contributed by atoms with Gasteiger partial charge in [0.2, 0.25) is 0 Å². The average Bonchev–Trinajstić information content (AvgIpc) is 2.48. The van der Waals surface area contributed by atoms with Crippen LogP contribution >= 0.6 is 0 Å². The molecule has 1 unspecified atom stereocenters. The summed E-state index contributed by atoms with van der Waals surface area (Å²) in [5.41, 5.74) is 2.94. The third-order valence-electron chi connectivity index (χ3n) is 4.03. The first-order valence-electron chi connectivity index (χ1n) is 7.39. The minimum atomic E-state index is -0.209. The number of aromatic nitrogens is 1. The van der Waals surface area contributed by atoms with Crippen LogP contribution in [0.3, 0.4) is 0 Å². The van der Waals surface area contributed by atoms with E-state index in [9.17, 15) is 10.0 Å². The first-order chi connectivity index (χ1) is 10.2. The van der Waals surface area contributed by atoms with Crippen LogP contribution in [0, 0.1) is 0 Å². The number of H-pyrrole nitrogens is 1. The first kappa shape index (κ1) is 14.2. The molecule has 0 amide bonds. The number of nitrogens with one attached hydrogen (secondary N) is 2. The zero-order chi connectivity index (χ0) is 14.7. The Bertz CT molecular complexity index is 578. The highest BCUT2D eigenvalue weighted by molar-refractivity contribution is 5.98. The molecular weight excluding hydrogens is 272 g/mol. The van der Waals surface area contributed by atoms with Gasteiger partial charge < -0.3 is 4.98 Å². The summed E-state index contributed by atoms with van der Waals surface area (Å²) in [5, 5.41) is 10.6. The molecule has 1 aromatic heterocycles. The Hall–Kier alpha value is -1.70. The van der Waals surface area contributed by atoms with Crippen molar-refractivity contribution in [3.63, 3.8) is 0 Å². The van der Waals surface area contributed by atoms with Crippen LogP contribution in [0.15, 0.2) is 28.1 Å². The van der Waals surface area contributed by atoms with Gasteiger partial charge in [0.05, 0.1) is 5.56 Å². The number of aromatic amines is 1. The third-order valence-corrected chi connectivity index (χ3v) is 4.03. The second-order valence-corrected chi connectivity index (χ2v) is 5.74. The lowest BCUT2D eigenvalue weighted by Crippen LogP contribution is -2.54. The quantitative estimate of drug-likeness (QED) is 0.705. The second kappa shape index (κ2) is 5.97. The van der Waals surface area contributed by atoms with E-state index in [1.54, 1.807) is 18.3 Å². The fourth-order valence-corrected chi connectivity index (χ4v) is 2.95. The number of aliphatic imine (C=N–C) groups is 1. The van der Waals surface area contributed by atoms with Crippen molar-refractivity contribution in [2.45, 2.75) is 25.3 Å². The number of hydroxylamine groups is 4. The van der Waals surface area contributed by atoms with Crippen molar-refractivity contribution in [3.05, 3.63) is 34.2 Å². The fraction of sp³-hybridized carbons (Fsp3) is 0.571. The van der Waals surface area contributed by atoms with E-state index in [4.69, 9.17) is 4.84 Å². The summed E-state index contributed by atoms with van der Waals surface area (Å²) in [4.78, 5) is 24.3. The van der Waals surface area contributed by atoms with Gasteiger partial charge in [-0.15, -0.1) is 0 Å². The van der Waals surface area contributed by atoms with Crippen LogP contribution in [0.4, 0.5) is 0 Å². The number of likely N-dealkylation sites (tertiary alicyclic amines) is 1. The molecule has 3 rings (SSSR count). The SMILES string of the molecule is O=c1[nH]cccc1C1=NC(C[N+]2(O)CCCCC2)CON1. The number of hydrogen-bond acceptors (Lipinski definition) is 5. The van der Waals surface area contributed by atoms with Crippen molar-refractivity contribution in [2.75, 3.05) is 26.2 Å². The molecule has 1 saturated heterocycles. The largest absolute Gasteiger partial charge is 0.328 e. The van der Waals surface area contributed by atoms with Crippen molar-refractivity contribution < 1.29 is 14.7 Å². The highest BCUT2D eigenvalue weighted by atomic mass is 16.6. The van der Waals surface area contributed by atoms with Gasteiger partial charge in [-0.3, -0.25) is 14.6 Å². The van der Waals surface area contributed by atoms with Gasteiger partial charge in [0.15, 0.2) is 5.84 Å². The lowest BCUT2D eigenvalue weighted by atomic mass is 10.1. The standard InChI is InChI=1S/C14H20N4O3/c19-14-12(5-4-6-15-14)13-16-11(10-21-17-13)9-18(20)7-2-1-3-8-18/h4-6,11,20H,1-3,7-10H2,(H-,15,16,17,19)/p+1. The van der Waals surface area contributed by atoms with Crippen molar-refractivity contribution in [1.29, 1.82) is 0 Å². The molecular formula is C14H21N4O3+. The molecule has 1 fully saturated rings. The van der Waals surface area contributed by atoms with Crippen molar-refractivity contribution in [2.24, 2.45) is 4.99 Å². The number of amidine groups is 1. The second-order valence-electron chi connectivity index (χ2n) is 5.74. The summed E-state index contributed by atoms with van der Waals surface area (Å²) in [7, 11) is 0. The number of quaternary nitrogens is 1. The van der Waals surface area contributed by atoms with Gasteiger partial charge in [-0.1, -0.05) is 0 Å². The Morgan fingerprint density at radius 3 is 2.95 bits per heavy atom. The Kier molecular flexibility index (Phi) is 4.05. The molecule has 1 atom stereocenters. The van der Waals surface area contributed by atoms with Crippen molar-refractivity contribution in [1.82, 2.24) is 10.5 Å². The van der Waals surface area contributed by atoms with Crippen molar-refractivity contribution in [3.8, 4) is 0 Å². The Morgan fingerprint density at radius 2 is 2.19 bits per heavy atom.